The van der Waals surface area contributed by atoms with Crippen molar-refractivity contribution in [2.75, 3.05) is 19.0 Å². The lowest BCUT2D eigenvalue weighted by atomic mass is 10.2. The van der Waals surface area contributed by atoms with Crippen LogP contribution in [0.15, 0.2) is 58.7 Å². The van der Waals surface area contributed by atoms with Crippen molar-refractivity contribution < 1.29 is 4.79 Å². The molecule has 0 bridgehead atoms. The molecule has 0 N–H and O–H groups in total. The highest BCUT2D eigenvalue weighted by atomic mass is 16.2. The lowest BCUT2D eigenvalue weighted by Gasteiger charge is -2.15. The molecule has 2 heterocycles. The highest BCUT2D eigenvalue weighted by molar-refractivity contribution is 6.48. The van der Waals surface area contributed by atoms with Crippen molar-refractivity contribution in [3.63, 3.8) is 0 Å². The Morgan fingerprint density at radius 1 is 1.15 bits per heavy atom. The van der Waals surface area contributed by atoms with Crippen molar-refractivity contribution in [1.29, 1.82) is 0 Å². The van der Waals surface area contributed by atoms with E-state index in [0.29, 0.717) is 11.7 Å². The fourth-order valence-electron chi connectivity index (χ4n) is 2.01. The van der Waals surface area contributed by atoms with Gasteiger partial charge in [0.1, 0.15) is 5.84 Å². The first-order valence-electron chi connectivity index (χ1n) is 6.28. The van der Waals surface area contributed by atoms with Gasteiger partial charge in [0.15, 0.2) is 0 Å². The number of carbonyl (C=O) groups excluding carboxylic acids is 1. The van der Waals surface area contributed by atoms with Gasteiger partial charge in [-0.1, -0.05) is 6.08 Å². The van der Waals surface area contributed by atoms with Crippen molar-refractivity contribution >= 4 is 29.0 Å². The predicted molar refractivity (Wildman–Crippen MR) is 80.4 cm³/mol. The Morgan fingerprint density at radius 2 is 1.90 bits per heavy atom. The van der Waals surface area contributed by atoms with Crippen LogP contribution < -0.4 is 4.90 Å². The molecule has 0 aromatic heterocycles. The average Bonchev–Trinajstić information content (AvgIpc) is 2.76. The summed E-state index contributed by atoms with van der Waals surface area (Å²) in [4.78, 5) is 24.0. The quantitative estimate of drug-likeness (QED) is 0.823. The van der Waals surface area contributed by atoms with E-state index in [1.54, 1.807) is 17.2 Å². The smallest absolute Gasteiger partial charge is 0.315 e. The topological polar surface area (TPSA) is 48.3 Å². The number of benzene rings is 1. The summed E-state index contributed by atoms with van der Waals surface area (Å²) in [6.45, 7) is 0. The predicted octanol–water partition coefficient (Wildman–Crippen LogP) is 2.11. The number of fused-ring (bicyclic) bond motifs is 1. The number of rotatable bonds is 2. The number of amidine groups is 2. The maximum atomic E-state index is 11.9. The summed E-state index contributed by atoms with van der Waals surface area (Å²) in [6.07, 6.45) is 7.27. The molecule has 1 amide bonds. The van der Waals surface area contributed by atoms with Crippen LogP contribution in [0.4, 0.5) is 11.4 Å². The molecule has 0 aliphatic carbocycles. The molecule has 5 heteroatoms. The van der Waals surface area contributed by atoms with Gasteiger partial charge < -0.3 is 4.90 Å². The highest BCUT2D eigenvalue weighted by Crippen LogP contribution is 2.21. The van der Waals surface area contributed by atoms with Crippen molar-refractivity contribution in [2.24, 2.45) is 9.98 Å². The largest absolute Gasteiger partial charge is 0.378 e. The first kappa shape index (κ1) is 12.3. The molecule has 100 valence electrons. The van der Waals surface area contributed by atoms with E-state index < -0.39 is 0 Å². The zero-order valence-corrected chi connectivity index (χ0v) is 11.3. The summed E-state index contributed by atoms with van der Waals surface area (Å²) in [7, 11) is 3.96. The van der Waals surface area contributed by atoms with Gasteiger partial charge in [-0.3, -0.25) is 9.69 Å². The molecule has 0 atom stereocenters. The number of carbonyl (C=O) groups is 1. The standard InChI is InChI=1S/C15H14N4O/c1-18(2)12-8-6-11(7-9-12)16-14-15(20)17-13-5-3-4-10-19(13)14/h3-10H,1-2H3. The van der Waals surface area contributed by atoms with Crippen LogP contribution in [0.25, 0.3) is 0 Å². The third kappa shape index (κ3) is 2.14. The SMILES string of the molecule is CN(C)c1ccc(N=C2C(=O)N=C3C=CC=CN32)cc1. The summed E-state index contributed by atoms with van der Waals surface area (Å²) in [6, 6.07) is 7.70. The number of allylic oxidation sites excluding steroid dienone is 2. The molecule has 0 fully saturated rings. The Morgan fingerprint density at radius 3 is 2.60 bits per heavy atom. The molecule has 1 aromatic carbocycles. The number of anilines is 1. The van der Waals surface area contributed by atoms with Crippen LogP contribution in [-0.4, -0.2) is 36.6 Å². The van der Waals surface area contributed by atoms with E-state index in [9.17, 15) is 4.79 Å². The Kier molecular flexibility index (Phi) is 2.95. The molecule has 20 heavy (non-hydrogen) atoms. The molecule has 2 aliphatic heterocycles. The molecular formula is C15H14N4O. The Balaban J connectivity index is 1.91. The van der Waals surface area contributed by atoms with Crippen LogP contribution in [0.3, 0.4) is 0 Å². The third-order valence-corrected chi connectivity index (χ3v) is 3.08. The van der Waals surface area contributed by atoms with Gasteiger partial charge in [0, 0.05) is 26.0 Å². The summed E-state index contributed by atoms with van der Waals surface area (Å²) in [5.74, 6) is 0.632. The minimum atomic E-state index is -0.312. The molecule has 3 rings (SSSR count). The number of nitrogens with zero attached hydrogens (tertiary/aromatic N) is 4. The second-order valence-corrected chi connectivity index (χ2v) is 4.69. The lowest BCUT2D eigenvalue weighted by molar-refractivity contribution is -0.111. The van der Waals surface area contributed by atoms with Crippen molar-refractivity contribution in [3.8, 4) is 0 Å². The van der Waals surface area contributed by atoms with Crippen molar-refractivity contribution in [2.45, 2.75) is 0 Å². The summed E-state index contributed by atoms with van der Waals surface area (Å²) < 4.78 is 0. The molecule has 2 aliphatic rings. The van der Waals surface area contributed by atoms with E-state index in [4.69, 9.17) is 0 Å². The van der Waals surface area contributed by atoms with Gasteiger partial charge in [-0.25, -0.2) is 4.99 Å². The Labute approximate surface area is 117 Å². The Bertz CT molecular complexity index is 666. The van der Waals surface area contributed by atoms with E-state index in [-0.39, 0.29) is 5.91 Å². The number of aliphatic imine (C=N–C) groups is 2. The van der Waals surface area contributed by atoms with Gasteiger partial charge in [0.05, 0.1) is 5.69 Å². The fourth-order valence-corrected chi connectivity index (χ4v) is 2.01. The third-order valence-electron chi connectivity index (χ3n) is 3.08. The average molecular weight is 266 g/mol. The normalized spacial score (nSPS) is 18.5. The van der Waals surface area contributed by atoms with E-state index in [1.165, 1.54) is 0 Å². The number of hydrogen-bond donors (Lipinski definition) is 0. The monoisotopic (exact) mass is 266 g/mol. The van der Waals surface area contributed by atoms with Crippen LogP contribution >= 0.6 is 0 Å². The maximum absolute atomic E-state index is 11.9. The molecule has 0 saturated heterocycles. The van der Waals surface area contributed by atoms with E-state index >= 15 is 0 Å². The minimum Gasteiger partial charge on any atom is -0.378 e. The van der Waals surface area contributed by atoms with Crippen LogP contribution in [0.5, 0.6) is 0 Å². The zero-order chi connectivity index (χ0) is 14.1. The zero-order valence-electron chi connectivity index (χ0n) is 11.3. The van der Waals surface area contributed by atoms with Gasteiger partial charge in [0.2, 0.25) is 5.84 Å². The lowest BCUT2D eigenvalue weighted by Crippen LogP contribution is -2.28. The van der Waals surface area contributed by atoms with Crippen molar-refractivity contribution in [1.82, 2.24) is 4.90 Å². The molecule has 5 nitrogen and oxygen atoms in total. The fraction of sp³-hybridized carbons (Fsp3) is 0.133. The molecule has 0 radical (unpaired) electrons. The van der Waals surface area contributed by atoms with E-state index in [0.717, 1.165) is 11.4 Å². The van der Waals surface area contributed by atoms with Gasteiger partial charge >= 0.3 is 5.91 Å². The molecule has 0 unspecified atom stereocenters. The maximum Gasteiger partial charge on any atom is 0.315 e. The van der Waals surface area contributed by atoms with Crippen molar-refractivity contribution in [3.05, 3.63) is 48.7 Å². The van der Waals surface area contributed by atoms with E-state index in [2.05, 4.69) is 9.98 Å². The van der Waals surface area contributed by atoms with Crippen LogP contribution in [-0.2, 0) is 4.79 Å². The van der Waals surface area contributed by atoms with E-state index in [1.807, 2.05) is 55.4 Å². The second-order valence-electron chi connectivity index (χ2n) is 4.69. The van der Waals surface area contributed by atoms with Crippen LogP contribution in [0.2, 0.25) is 0 Å². The first-order valence-corrected chi connectivity index (χ1v) is 6.28. The van der Waals surface area contributed by atoms with Crippen LogP contribution in [0.1, 0.15) is 0 Å². The molecule has 0 saturated carbocycles. The highest BCUT2D eigenvalue weighted by Gasteiger charge is 2.29. The Hall–Kier alpha value is -2.69. The van der Waals surface area contributed by atoms with Gasteiger partial charge in [-0.2, -0.15) is 4.99 Å². The minimum absolute atomic E-state index is 0.312. The summed E-state index contributed by atoms with van der Waals surface area (Å²) in [5, 5.41) is 0. The van der Waals surface area contributed by atoms with Gasteiger partial charge in [-0.05, 0) is 36.4 Å². The molecular weight excluding hydrogens is 252 g/mol. The molecule has 0 spiro atoms. The summed E-state index contributed by atoms with van der Waals surface area (Å²) >= 11 is 0. The van der Waals surface area contributed by atoms with Gasteiger partial charge in [-0.15, -0.1) is 0 Å². The summed E-state index contributed by atoms with van der Waals surface area (Å²) in [5.41, 5.74) is 1.82. The molecule has 1 aromatic rings. The van der Waals surface area contributed by atoms with Gasteiger partial charge in [0.25, 0.3) is 0 Å². The second kappa shape index (κ2) is 4.77. The number of hydrogen-bond acceptors (Lipinski definition) is 3. The first-order chi connectivity index (χ1) is 9.65. The number of amides is 1. The van der Waals surface area contributed by atoms with Crippen LogP contribution in [0, 0.1) is 0 Å².